The normalized spacial score (nSPS) is 18.3. The van der Waals surface area contributed by atoms with E-state index in [0.29, 0.717) is 23.2 Å². The Kier molecular flexibility index (Phi) is 5.05. The molecule has 2 aromatic heterocycles. The molecule has 1 aliphatic heterocycles. The molecule has 0 aromatic carbocycles. The van der Waals surface area contributed by atoms with Gasteiger partial charge >= 0.3 is 0 Å². The van der Waals surface area contributed by atoms with Crippen LogP contribution < -0.4 is 10.6 Å². The minimum absolute atomic E-state index is 0. The summed E-state index contributed by atoms with van der Waals surface area (Å²) in [5.41, 5.74) is 1.52. The molecule has 130 valence electrons. The van der Waals surface area contributed by atoms with Crippen molar-refractivity contribution in [2.75, 3.05) is 37.3 Å². The fraction of sp³-hybridized carbons (Fsp3) is 0.500. The van der Waals surface area contributed by atoms with Crippen molar-refractivity contribution in [1.29, 1.82) is 5.41 Å². The number of piperidine rings is 1. The number of nitrogens with one attached hydrogen (secondary N) is 3. The van der Waals surface area contributed by atoms with E-state index in [1.807, 2.05) is 13.2 Å². The number of aromatic nitrogens is 4. The third-order valence-corrected chi connectivity index (χ3v) is 4.21. The van der Waals surface area contributed by atoms with E-state index in [2.05, 4.69) is 37.6 Å². The molecular formula is C16H26N8. The van der Waals surface area contributed by atoms with Gasteiger partial charge in [0.2, 0.25) is 5.95 Å². The second kappa shape index (κ2) is 7.39. The second-order valence-electron chi connectivity index (χ2n) is 6.32. The van der Waals surface area contributed by atoms with Crippen molar-refractivity contribution in [2.24, 2.45) is 13.0 Å². The van der Waals surface area contributed by atoms with E-state index in [9.17, 15) is 0 Å². The van der Waals surface area contributed by atoms with Crippen LogP contribution in [0.5, 0.6) is 0 Å². The molecule has 0 bridgehead atoms. The Labute approximate surface area is 143 Å². The molecule has 3 rings (SSSR count). The first-order valence-corrected chi connectivity index (χ1v) is 8.19. The van der Waals surface area contributed by atoms with E-state index in [1.54, 1.807) is 17.1 Å². The first-order chi connectivity index (χ1) is 11.6. The standard InChI is InChI=1S/C16H24N8.H2/c1-23-5-3-4-12(10-23)7-18-15-13(6-17)8-19-16(22-15)21-14-9-20-24(2)11-14;/h6,8-9,11-12,17H,3-5,7,10H2,1-2H3,(H2,18,19,21,22);1H. The van der Waals surface area contributed by atoms with Crippen LogP contribution in [0.15, 0.2) is 18.6 Å². The molecular weight excluding hydrogens is 304 g/mol. The van der Waals surface area contributed by atoms with Crippen LogP contribution in [0.2, 0.25) is 0 Å². The molecule has 0 saturated carbocycles. The number of hydrogen-bond donors (Lipinski definition) is 3. The highest BCUT2D eigenvalue weighted by Crippen LogP contribution is 2.19. The fourth-order valence-electron chi connectivity index (χ4n) is 2.99. The van der Waals surface area contributed by atoms with Gasteiger partial charge in [0.1, 0.15) is 5.82 Å². The summed E-state index contributed by atoms with van der Waals surface area (Å²) < 4.78 is 1.72. The van der Waals surface area contributed by atoms with Crippen molar-refractivity contribution in [1.82, 2.24) is 24.6 Å². The lowest BCUT2D eigenvalue weighted by atomic mass is 9.98. The van der Waals surface area contributed by atoms with Gasteiger partial charge in [-0.1, -0.05) is 0 Å². The topological polar surface area (TPSA) is 94.8 Å². The van der Waals surface area contributed by atoms with Crippen LogP contribution in [0, 0.1) is 11.3 Å². The van der Waals surface area contributed by atoms with Gasteiger partial charge < -0.3 is 20.9 Å². The Balaban J connectivity index is 0.00000225. The summed E-state index contributed by atoms with van der Waals surface area (Å²) in [4.78, 5) is 11.1. The van der Waals surface area contributed by atoms with Crippen LogP contribution >= 0.6 is 0 Å². The summed E-state index contributed by atoms with van der Waals surface area (Å²) in [6, 6.07) is 0. The van der Waals surface area contributed by atoms with E-state index >= 15 is 0 Å². The van der Waals surface area contributed by atoms with Gasteiger partial charge in [-0.15, -0.1) is 0 Å². The molecule has 0 spiro atoms. The molecule has 1 saturated heterocycles. The zero-order chi connectivity index (χ0) is 16.9. The zero-order valence-corrected chi connectivity index (χ0v) is 14.2. The van der Waals surface area contributed by atoms with Gasteiger partial charge in [0, 0.05) is 40.2 Å². The molecule has 0 radical (unpaired) electrons. The Morgan fingerprint density at radius 2 is 2.29 bits per heavy atom. The van der Waals surface area contributed by atoms with Crippen LogP contribution in [0.4, 0.5) is 17.5 Å². The number of nitrogens with zero attached hydrogens (tertiary/aromatic N) is 5. The second-order valence-corrected chi connectivity index (χ2v) is 6.32. The number of hydrogen-bond acceptors (Lipinski definition) is 7. The lowest BCUT2D eigenvalue weighted by molar-refractivity contribution is 0.217. The Hall–Kier alpha value is -2.48. The van der Waals surface area contributed by atoms with Crippen molar-refractivity contribution >= 4 is 23.7 Å². The van der Waals surface area contributed by atoms with Gasteiger partial charge in [0.15, 0.2) is 0 Å². The number of likely N-dealkylation sites (tertiary alicyclic amines) is 1. The molecule has 3 N–H and O–H groups in total. The molecule has 24 heavy (non-hydrogen) atoms. The molecule has 8 nitrogen and oxygen atoms in total. The van der Waals surface area contributed by atoms with Crippen LogP contribution in [0.3, 0.4) is 0 Å². The summed E-state index contributed by atoms with van der Waals surface area (Å²) >= 11 is 0. The molecule has 1 unspecified atom stereocenters. The average Bonchev–Trinajstić information content (AvgIpc) is 2.98. The summed E-state index contributed by atoms with van der Waals surface area (Å²) in [5.74, 6) is 1.79. The van der Waals surface area contributed by atoms with E-state index in [4.69, 9.17) is 5.41 Å². The van der Waals surface area contributed by atoms with Crippen LogP contribution in [-0.4, -0.2) is 57.5 Å². The van der Waals surface area contributed by atoms with Crippen LogP contribution in [0.1, 0.15) is 19.8 Å². The van der Waals surface area contributed by atoms with Crippen molar-refractivity contribution in [2.45, 2.75) is 12.8 Å². The molecule has 1 aliphatic rings. The van der Waals surface area contributed by atoms with E-state index in [1.165, 1.54) is 25.6 Å². The molecule has 2 aromatic rings. The minimum atomic E-state index is 0. The number of aryl methyl sites for hydroxylation is 1. The maximum atomic E-state index is 7.55. The Morgan fingerprint density at radius 1 is 1.42 bits per heavy atom. The predicted octanol–water partition coefficient (Wildman–Crippen LogP) is 1.95. The zero-order valence-electron chi connectivity index (χ0n) is 14.2. The summed E-state index contributed by atoms with van der Waals surface area (Å²) in [6.45, 7) is 3.13. The van der Waals surface area contributed by atoms with Gasteiger partial charge in [-0.2, -0.15) is 10.1 Å². The number of rotatable bonds is 6. The summed E-state index contributed by atoms with van der Waals surface area (Å²) in [6.07, 6.45) is 8.98. The minimum Gasteiger partial charge on any atom is -0.369 e. The van der Waals surface area contributed by atoms with Gasteiger partial charge in [0.05, 0.1) is 17.4 Å². The van der Waals surface area contributed by atoms with Crippen molar-refractivity contribution in [3.8, 4) is 0 Å². The van der Waals surface area contributed by atoms with E-state index < -0.39 is 0 Å². The molecule has 1 atom stereocenters. The highest BCUT2D eigenvalue weighted by molar-refractivity contribution is 5.84. The lowest BCUT2D eigenvalue weighted by Crippen LogP contribution is -2.35. The third kappa shape index (κ3) is 4.08. The Bertz CT molecular complexity index is 701. The van der Waals surface area contributed by atoms with Crippen molar-refractivity contribution < 1.29 is 1.43 Å². The molecule has 0 amide bonds. The maximum Gasteiger partial charge on any atom is 0.229 e. The first kappa shape index (κ1) is 16.4. The highest BCUT2D eigenvalue weighted by Gasteiger charge is 2.17. The monoisotopic (exact) mass is 330 g/mol. The van der Waals surface area contributed by atoms with Gasteiger partial charge in [-0.25, -0.2) is 4.98 Å². The van der Waals surface area contributed by atoms with Crippen molar-refractivity contribution in [3.63, 3.8) is 0 Å². The van der Waals surface area contributed by atoms with E-state index in [-0.39, 0.29) is 1.43 Å². The smallest absolute Gasteiger partial charge is 0.229 e. The van der Waals surface area contributed by atoms with Crippen LogP contribution in [0.25, 0.3) is 0 Å². The van der Waals surface area contributed by atoms with Gasteiger partial charge in [-0.3, -0.25) is 4.68 Å². The SMILES string of the molecule is CN1CCCC(CNc2nc(Nc3cnn(C)c3)ncc2C=N)C1.[HH]. The first-order valence-electron chi connectivity index (χ1n) is 8.19. The summed E-state index contributed by atoms with van der Waals surface area (Å²) in [5, 5.41) is 18.2. The molecule has 1 fully saturated rings. The van der Waals surface area contributed by atoms with Gasteiger partial charge in [0.25, 0.3) is 0 Å². The highest BCUT2D eigenvalue weighted by atomic mass is 15.3. The maximum absolute atomic E-state index is 7.55. The fourth-order valence-corrected chi connectivity index (χ4v) is 2.99. The van der Waals surface area contributed by atoms with Crippen molar-refractivity contribution in [3.05, 3.63) is 24.2 Å². The largest absolute Gasteiger partial charge is 0.369 e. The average molecular weight is 330 g/mol. The predicted molar refractivity (Wildman–Crippen MR) is 97.2 cm³/mol. The number of anilines is 3. The summed E-state index contributed by atoms with van der Waals surface area (Å²) in [7, 11) is 4.02. The molecule has 3 heterocycles. The third-order valence-electron chi connectivity index (χ3n) is 4.21. The van der Waals surface area contributed by atoms with E-state index in [0.717, 1.165) is 18.8 Å². The van der Waals surface area contributed by atoms with Gasteiger partial charge in [-0.05, 0) is 32.4 Å². The quantitative estimate of drug-likeness (QED) is 0.701. The molecule has 0 aliphatic carbocycles. The Morgan fingerprint density at radius 3 is 3.00 bits per heavy atom. The van der Waals surface area contributed by atoms with Crippen LogP contribution in [-0.2, 0) is 7.05 Å². The molecule has 8 heteroatoms. The lowest BCUT2D eigenvalue weighted by Gasteiger charge is -2.29.